The highest BCUT2D eigenvalue weighted by Gasteiger charge is 2.33. The summed E-state index contributed by atoms with van der Waals surface area (Å²) in [4.78, 5) is 29.5. The molecule has 4 rings (SSSR count). The summed E-state index contributed by atoms with van der Waals surface area (Å²) in [7, 11) is -2.19. The summed E-state index contributed by atoms with van der Waals surface area (Å²) in [5, 5.41) is 2.97. The van der Waals surface area contributed by atoms with E-state index >= 15 is 0 Å². The van der Waals surface area contributed by atoms with E-state index in [1.54, 1.807) is 31.4 Å². The lowest BCUT2D eigenvalue weighted by Gasteiger charge is -2.33. The molecule has 0 aliphatic rings. The van der Waals surface area contributed by atoms with Crippen molar-refractivity contribution in [3.8, 4) is 5.75 Å². The number of para-hydroxylation sites is 1. The third-order valence-electron chi connectivity index (χ3n) is 6.82. The second-order valence-electron chi connectivity index (χ2n) is 9.87. The predicted molar refractivity (Wildman–Crippen MR) is 163 cm³/mol. The van der Waals surface area contributed by atoms with E-state index in [2.05, 4.69) is 5.32 Å². The number of ether oxygens (including phenoxy) is 1. The molecule has 0 aromatic heterocycles. The number of hydrogen-bond donors (Lipinski definition) is 1. The van der Waals surface area contributed by atoms with Gasteiger partial charge in [0.25, 0.3) is 0 Å². The summed E-state index contributed by atoms with van der Waals surface area (Å²) in [5.41, 5.74) is 2.94. The minimum atomic E-state index is -3.76. The van der Waals surface area contributed by atoms with Gasteiger partial charge in [-0.1, -0.05) is 109 Å². The minimum Gasteiger partial charge on any atom is -0.496 e. The number of amides is 2. The molecule has 1 N–H and O–H groups in total. The molecule has 0 bridgehead atoms. The Morgan fingerprint density at radius 1 is 0.762 bits per heavy atom. The number of benzene rings is 4. The van der Waals surface area contributed by atoms with Crippen LogP contribution in [0.1, 0.15) is 28.3 Å². The van der Waals surface area contributed by atoms with Gasteiger partial charge in [-0.25, -0.2) is 8.42 Å². The molecule has 0 saturated heterocycles. The SMILES string of the molecule is COc1ccccc1CNC(=O)[C@H](c1ccccc1)N(Cc1ccccc1)C(=O)CN(Cc1ccccc1)S(C)(=O)=O. The van der Waals surface area contributed by atoms with Crippen LogP contribution in [0.2, 0.25) is 0 Å². The van der Waals surface area contributed by atoms with Crippen LogP contribution < -0.4 is 10.1 Å². The van der Waals surface area contributed by atoms with E-state index in [0.29, 0.717) is 11.3 Å². The Morgan fingerprint density at radius 2 is 1.29 bits per heavy atom. The van der Waals surface area contributed by atoms with E-state index in [0.717, 1.165) is 27.3 Å². The zero-order valence-corrected chi connectivity index (χ0v) is 24.5. The van der Waals surface area contributed by atoms with E-state index in [9.17, 15) is 18.0 Å². The third kappa shape index (κ3) is 8.28. The van der Waals surface area contributed by atoms with E-state index in [-0.39, 0.29) is 19.6 Å². The maximum atomic E-state index is 14.1. The van der Waals surface area contributed by atoms with Crippen molar-refractivity contribution in [2.24, 2.45) is 0 Å². The van der Waals surface area contributed by atoms with Crippen molar-refractivity contribution in [2.75, 3.05) is 19.9 Å². The molecule has 42 heavy (non-hydrogen) atoms. The second-order valence-corrected chi connectivity index (χ2v) is 11.8. The Kier molecular flexibility index (Phi) is 10.5. The van der Waals surface area contributed by atoms with Gasteiger partial charge in [-0.05, 0) is 22.8 Å². The molecule has 0 fully saturated rings. The van der Waals surface area contributed by atoms with Gasteiger partial charge in [-0.2, -0.15) is 4.31 Å². The normalized spacial score (nSPS) is 12.0. The molecule has 8 nitrogen and oxygen atoms in total. The number of carbonyl (C=O) groups is 2. The molecule has 2 amide bonds. The number of carbonyl (C=O) groups excluding carboxylic acids is 2. The quantitative estimate of drug-likeness (QED) is 0.249. The molecule has 0 unspecified atom stereocenters. The highest BCUT2D eigenvalue weighted by atomic mass is 32.2. The maximum Gasteiger partial charge on any atom is 0.247 e. The van der Waals surface area contributed by atoms with Crippen LogP contribution in [0, 0.1) is 0 Å². The molecule has 0 aliphatic carbocycles. The van der Waals surface area contributed by atoms with Crippen molar-refractivity contribution in [2.45, 2.75) is 25.7 Å². The minimum absolute atomic E-state index is 0.0284. The summed E-state index contributed by atoms with van der Waals surface area (Å²) in [5.74, 6) is -0.261. The first kappa shape index (κ1) is 30.5. The standard InChI is InChI=1S/C33H35N3O5S/c1-41-30-21-13-12-20-29(30)22-34-33(38)32(28-18-10-5-11-19-28)36(24-27-16-8-4-9-17-27)31(37)25-35(42(2,39)40)23-26-14-6-3-7-15-26/h3-21,32H,22-25H2,1-2H3,(H,34,38)/t32-/m0/s1. The fraction of sp³-hybridized carbons (Fsp3) is 0.212. The molecule has 0 spiro atoms. The van der Waals surface area contributed by atoms with Gasteiger partial charge in [0.2, 0.25) is 21.8 Å². The molecule has 0 heterocycles. The Balaban J connectivity index is 1.69. The molecule has 1 atom stereocenters. The summed E-state index contributed by atoms with van der Waals surface area (Å²) >= 11 is 0. The van der Waals surface area contributed by atoms with Crippen molar-refractivity contribution in [3.63, 3.8) is 0 Å². The molecule has 218 valence electrons. The molecule has 0 aliphatic heterocycles. The third-order valence-corrected chi connectivity index (χ3v) is 8.02. The summed E-state index contributed by atoms with van der Waals surface area (Å²) in [6.07, 6.45) is 1.08. The Hall–Kier alpha value is -4.47. The van der Waals surface area contributed by atoms with E-state index in [4.69, 9.17) is 4.74 Å². The lowest BCUT2D eigenvalue weighted by Crippen LogP contribution is -2.47. The van der Waals surface area contributed by atoms with Crippen LogP contribution in [0.3, 0.4) is 0 Å². The van der Waals surface area contributed by atoms with Gasteiger partial charge < -0.3 is 15.0 Å². The zero-order valence-electron chi connectivity index (χ0n) is 23.7. The number of sulfonamides is 1. The van der Waals surface area contributed by atoms with E-state index < -0.39 is 34.4 Å². The van der Waals surface area contributed by atoms with E-state index in [1.165, 1.54) is 4.90 Å². The van der Waals surface area contributed by atoms with Crippen molar-refractivity contribution >= 4 is 21.8 Å². The van der Waals surface area contributed by atoms with Gasteiger partial charge in [0.15, 0.2) is 0 Å². The van der Waals surface area contributed by atoms with Crippen LogP contribution in [0.15, 0.2) is 115 Å². The van der Waals surface area contributed by atoms with Crippen LogP contribution >= 0.6 is 0 Å². The number of nitrogens with one attached hydrogen (secondary N) is 1. The van der Waals surface area contributed by atoms with Gasteiger partial charge >= 0.3 is 0 Å². The first-order chi connectivity index (χ1) is 20.3. The van der Waals surface area contributed by atoms with Crippen LogP contribution in [0.4, 0.5) is 0 Å². The zero-order chi connectivity index (χ0) is 30.0. The first-order valence-corrected chi connectivity index (χ1v) is 15.4. The van der Waals surface area contributed by atoms with Crippen LogP contribution in [0.5, 0.6) is 5.75 Å². The van der Waals surface area contributed by atoms with Crippen LogP contribution in [0.25, 0.3) is 0 Å². The van der Waals surface area contributed by atoms with Crippen molar-refractivity contribution < 1.29 is 22.7 Å². The fourth-order valence-corrected chi connectivity index (χ4v) is 5.39. The number of nitrogens with zero attached hydrogens (tertiary/aromatic N) is 2. The summed E-state index contributed by atoms with van der Waals surface area (Å²) < 4.78 is 32.2. The Morgan fingerprint density at radius 3 is 1.86 bits per heavy atom. The van der Waals surface area contributed by atoms with Gasteiger partial charge in [-0.3, -0.25) is 9.59 Å². The van der Waals surface area contributed by atoms with Crippen molar-refractivity contribution in [1.82, 2.24) is 14.5 Å². The lowest BCUT2D eigenvalue weighted by molar-refractivity contribution is -0.141. The highest BCUT2D eigenvalue weighted by molar-refractivity contribution is 7.88. The van der Waals surface area contributed by atoms with E-state index in [1.807, 2.05) is 91.0 Å². The van der Waals surface area contributed by atoms with Crippen molar-refractivity contribution in [1.29, 1.82) is 0 Å². The summed E-state index contributed by atoms with van der Waals surface area (Å²) in [6, 6.07) is 33.8. The van der Waals surface area contributed by atoms with Gasteiger partial charge in [0, 0.05) is 25.2 Å². The molecule has 9 heteroatoms. The van der Waals surface area contributed by atoms with Gasteiger partial charge in [0.1, 0.15) is 11.8 Å². The number of methoxy groups -OCH3 is 1. The molecular weight excluding hydrogens is 550 g/mol. The monoisotopic (exact) mass is 585 g/mol. The number of rotatable bonds is 13. The molecule has 4 aromatic rings. The topological polar surface area (TPSA) is 96.0 Å². The largest absolute Gasteiger partial charge is 0.496 e. The van der Waals surface area contributed by atoms with Crippen LogP contribution in [-0.2, 0) is 39.2 Å². The summed E-state index contributed by atoms with van der Waals surface area (Å²) in [6.45, 7) is -0.114. The molecule has 4 aromatic carbocycles. The van der Waals surface area contributed by atoms with Crippen molar-refractivity contribution in [3.05, 3.63) is 138 Å². The van der Waals surface area contributed by atoms with Gasteiger partial charge in [0.05, 0.1) is 19.9 Å². The lowest BCUT2D eigenvalue weighted by atomic mass is 10.0. The smallest absolute Gasteiger partial charge is 0.247 e. The molecule has 0 radical (unpaired) electrons. The molecular formula is C33H35N3O5S. The average molecular weight is 586 g/mol. The van der Waals surface area contributed by atoms with Crippen LogP contribution in [-0.4, -0.2) is 49.3 Å². The Labute approximate surface area is 247 Å². The second kappa shape index (κ2) is 14.4. The maximum absolute atomic E-state index is 14.1. The van der Waals surface area contributed by atoms with Gasteiger partial charge in [-0.15, -0.1) is 0 Å². The fourth-order valence-electron chi connectivity index (χ4n) is 4.66. The number of hydrogen-bond acceptors (Lipinski definition) is 5. The Bertz CT molecular complexity index is 1570. The first-order valence-electron chi connectivity index (χ1n) is 13.5. The average Bonchev–Trinajstić information content (AvgIpc) is 3.00. The highest BCUT2D eigenvalue weighted by Crippen LogP contribution is 2.26. The predicted octanol–water partition coefficient (Wildman–Crippen LogP) is 4.54. The molecule has 0 saturated carbocycles.